The summed E-state index contributed by atoms with van der Waals surface area (Å²) in [6, 6.07) is 0. The molecule has 0 saturated heterocycles. The van der Waals surface area contributed by atoms with Crippen molar-refractivity contribution in [1.29, 1.82) is 0 Å². The number of hydrogen-bond donors (Lipinski definition) is 1. The van der Waals surface area contributed by atoms with Gasteiger partial charge in [-0.2, -0.15) is 0 Å². The van der Waals surface area contributed by atoms with Gasteiger partial charge in [0.1, 0.15) is 6.10 Å². The molecular weight excluding hydrogens is 400 g/mol. The van der Waals surface area contributed by atoms with E-state index in [9.17, 15) is 24.3 Å². The second-order valence-electron chi connectivity index (χ2n) is 10.1. The largest absolute Gasteiger partial charge is 0.481 e. The smallest absolute Gasteiger partial charge is 0.310 e. The molecule has 2 saturated carbocycles. The first-order valence-corrected chi connectivity index (χ1v) is 11.2. The molecule has 0 aromatic carbocycles. The van der Waals surface area contributed by atoms with Crippen LogP contribution in [0.3, 0.4) is 0 Å². The molecule has 31 heavy (non-hydrogen) atoms. The SMILES string of the molecule is CC(=O)OC[C@@]12CC[C@]3(C(=O)O)[C@@H](C(C)C)CC[C@H]3[C@@H]1[C@H](OC(C)=O)C=C(C)C(=O)C2. The van der Waals surface area contributed by atoms with Crippen LogP contribution in [0.25, 0.3) is 0 Å². The Morgan fingerprint density at radius 3 is 2.39 bits per heavy atom. The number of allylic oxidation sites excluding steroid dienone is 1. The lowest BCUT2D eigenvalue weighted by atomic mass is 9.49. The molecule has 0 spiro atoms. The minimum atomic E-state index is -0.938. The lowest BCUT2D eigenvalue weighted by Crippen LogP contribution is -2.58. The maximum Gasteiger partial charge on any atom is 0.310 e. The van der Waals surface area contributed by atoms with E-state index >= 15 is 0 Å². The van der Waals surface area contributed by atoms with Crippen molar-refractivity contribution in [2.24, 2.45) is 34.5 Å². The van der Waals surface area contributed by atoms with Crippen molar-refractivity contribution in [2.75, 3.05) is 6.61 Å². The van der Waals surface area contributed by atoms with E-state index < -0.39 is 40.8 Å². The third-order valence-corrected chi connectivity index (χ3v) is 8.08. The highest BCUT2D eigenvalue weighted by atomic mass is 16.5. The van der Waals surface area contributed by atoms with Crippen LogP contribution in [-0.4, -0.2) is 41.5 Å². The number of carboxylic acids is 1. The topological polar surface area (TPSA) is 107 Å². The average Bonchev–Trinajstić information content (AvgIpc) is 3.01. The molecular formula is C24H34O7. The Morgan fingerprint density at radius 2 is 1.84 bits per heavy atom. The fourth-order valence-electron chi connectivity index (χ4n) is 6.87. The van der Waals surface area contributed by atoms with Crippen LogP contribution in [0, 0.1) is 34.5 Å². The number of fused-ring (bicyclic) bond motifs is 3. The summed E-state index contributed by atoms with van der Waals surface area (Å²) in [5.41, 5.74) is -1.19. The summed E-state index contributed by atoms with van der Waals surface area (Å²) in [7, 11) is 0. The summed E-state index contributed by atoms with van der Waals surface area (Å²) in [6.07, 6.45) is 3.43. The van der Waals surface area contributed by atoms with E-state index in [0.29, 0.717) is 24.8 Å². The number of rotatable bonds is 5. The summed E-state index contributed by atoms with van der Waals surface area (Å²) in [5.74, 6) is -2.30. The van der Waals surface area contributed by atoms with Crippen molar-refractivity contribution in [3.8, 4) is 0 Å². The van der Waals surface area contributed by atoms with Crippen molar-refractivity contribution in [1.82, 2.24) is 0 Å². The Balaban J connectivity index is 2.18. The molecule has 0 aromatic heterocycles. The van der Waals surface area contributed by atoms with Gasteiger partial charge in [0, 0.05) is 31.6 Å². The second kappa shape index (κ2) is 8.40. The third kappa shape index (κ3) is 3.92. The third-order valence-electron chi connectivity index (χ3n) is 8.08. The molecule has 0 radical (unpaired) electrons. The summed E-state index contributed by atoms with van der Waals surface area (Å²) < 4.78 is 11.2. The molecule has 3 rings (SSSR count). The minimum Gasteiger partial charge on any atom is -0.481 e. The molecule has 0 unspecified atom stereocenters. The van der Waals surface area contributed by atoms with Gasteiger partial charge in [-0.05, 0) is 62.0 Å². The van der Waals surface area contributed by atoms with Crippen molar-refractivity contribution in [2.45, 2.75) is 72.8 Å². The molecule has 0 amide bonds. The predicted molar refractivity (Wildman–Crippen MR) is 112 cm³/mol. The van der Waals surface area contributed by atoms with Gasteiger partial charge in [0.15, 0.2) is 5.78 Å². The van der Waals surface area contributed by atoms with Crippen molar-refractivity contribution >= 4 is 23.7 Å². The molecule has 3 aliphatic rings. The number of esters is 2. The number of aliphatic carboxylic acids is 1. The predicted octanol–water partition coefficient (Wildman–Crippen LogP) is 3.55. The lowest BCUT2D eigenvalue weighted by molar-refractivity contribution is -0.185. The van der Waals surface area contributed by atoms with Crippen LogP contribution < -0.4 is 0 Å². The highest BCUT2D eigenvalue weighted by Gasteiger charge is 2.67. The van der Waals surface area contributed by atoms with E-state index in [1.807, 2.05) is 0 Å². The number of ketones is 1. The molecule has 0 aliphatic heterocycles. The molecule has 0 bridgehead atoms. The van der Waals surface area contributed by atoms with Crippen molar-refractivity contribution < 1.29 is 33.8 Å². The summed E-state index contributed by atoms with van der Waals surface area (Å²) in [4.78, 5) is 49.4. The van der Waals surface area contributed by atoms with E-state index in [4.69, 9.17) is 9.47 Å². The number of hydrogen-bond acceptors (Lipinski definition) is 6. The van der Waals surface area contributed by atoms with Gasteiger partial charge in [-0.15, -0.1) is 0 Å². The minimum absolute atomic E-state index is 0.00346. The standard InChI is InChI=1S/C24H34O7/c1-13(2)17-6-7-18-21-20(31-16(5)26)10-14(3)19(27)11-23(21,12-30-15(4)25)8-9-24(17,18)22(28)29/h10,13,17-18,20-21H,6-9,11-12H2,1-5H3,(H,28,29)/t17-,18+,20-,21-,23+,24+/m1/s1. The summed E-state index contributed by atoms with van der Waals surface area (Å²) >= 11 is 0. The molecule has 0 heterocycles. The quantitative estimate of drug-likeness (QED) is 0.659. The molecule has 7 nitrogen and oxygen atoms in total. The molecule has 6 atom stereocenters. The molecule has 2 fully saturated rings. The van der Waals surface area contributed by atoms with Gasteiger partial charge in [-0.3, -0.25) is 19.2 Å². The number of ether oxygens (including phenoxy) is 2. The summed E-state index contributed by atoms with van der Waals surface area (Å²) in [6.45, 7) is 8.49. The zero-order chi connectivity index (χ0) is 23.1. The number of carbonyl (C=O) groups excluding carboxylic acids is 3. The van der Waals surface area contributed by atoms with Crippen LogP contribution in [0.2, 0.25) is 0 Å². The van der Waals surface area contributed by atoms with Crippen LogP contribution in [0.4, 0.5) is 0 Å². The Bertz CT molecular complexity index is 813. The number of Topliss-reactive ketones (excluding diaryl/α,β-unsaturated/α-hetero) is 1. The van der Waals surface area contributed by atoms with Gasteiger partial charge in [-0.25, -0.2) is 0 Å². The summed E-state index contributed by atoms with van der Waals surface area (Å²) in [5, 5.41) is 10.5. The monoisotopic (exact) mass is 434 g/mol. The van der Waals surface area contributed by atoms with E-state index in [-0.39, 0.29) is 36.6 Å². The van der Waals surface area contributed by atoms with Crippen molar-refractivity contribution in [3.05, 3.63) is 11.6 Å². The lowest BCUT2D eigenvalue weighted by Gasteiger charge is -2.55. The maximum atomic E-state index is 13.0. The number of carbonyl (C=O) groups is 4. The van der Waals surface area contributed by atoms with Crippen LogP contribution >= 0.6 is 0 Å². The van der Waals surface area contributed by atoms with E-state index in [1.165, 1.54) is 13.8 Å². The molecule has 7 heteroatoms. The Kier molecular flexibility index (Phi) is 6.36. The highest BCUT2D eigenvalue weighted by molar-refractivity contribution is 5.96. The fraction of sp³-hybridized carbons (Fsp3) is 0.750. The first-order valence-electron chi connectivity index (χ1n) is 11.2. The van der Waals surface area contributed by atoms with Gasteiger partial charge in [0.05, 0.1) is 12.0 Å². The number of carboxylic acid groups (broad SMARTS) is 1. The van der Waals surface area contributed by atoms with Crippen molar-refractivity contribution in [3.63, 3.8) is 0 Å². The van der Waals surface area contributed by atoms with Gasteiger partial charge in [0.2, 0.25) is 0 Å². The average molecular weight is 435 g/mol. The Labute approximate surface area is 183 Å². The maximum absolute atomic E-state index is 13.0. The first-order chi connectivity index (χ1) is 14.4. The first kappa shape index (κ1) is 23.5. The van der Waals surface area contributed by atoms with E-state index in [0.717, 1.165) is 6.42 Å². The molecule has 3 aliphatic carbocycles. The second-order valence-corrected chi connectivity index (χ2v) is 10.1. The Morgan fingerprint density at radius 1 is 1.16 bits per heavy atom. The fourth-order valence-corrected chi connectivity index (χ4v) is 6.87. The Hall–Kier alpha value is -2.18. The van der Waals surface area contributed by atoms with Crippen LogP contribution in [0.1, 0.15) is 66.7 Å². The van der Waals surface area contributed by atoms with Crippen LogP contribution in [0.15, 0.2) is 11.6 Å². The molecule has 172 valence electrons. The highest BCUT2D eigenvalue weighted by Crippen LogP contribution is 2.66. The zero-order valence-corrected chi connectivity index (χ0v) is 19.1. The van der Waals surface area contributed by atoms with Gasteiger partial charge in [0.25, 0.3) is 0 Å². The van der Waals surface area contributed by atoms with E-state index in [2.05, 4.69) is 13.8 Å². The molecule has 1 N–H and O–H groups in total. The van der Waals surface area contributed by atoms with Crippen LogP contribution in [-0.2, 0) is 28.7 Å². The molecule has 0 aromatic rings. The normalized spacial score (nSPS) is 37.4. The van der Waals surface area contributed by atoms with Crippen LogP contribution in [0.5, 0.6) is 0 Å². The van der Waals surface area contributed by atoms with E-state index in [1.54, 1.807) is 13.0 Å². The van der Waals surface area contributed by atoms with Gasteiger partial charge < -0.3 is 14.6 Å². The zero-order valence-electron chi connectivity index (χ0n) is 19.1. The van der Waals surface area contributed by atoms with Gasteiger partial charge in [-0.1, -0.05) is 13.8 Å². The van der Waals surface area contributed by atoms with Gasteiger partial charge >= 0.3 is 17.9 Å².